The summed E-state index contributed by atoms with van der Waals surface area (Å²) >= 11 is 3.00. The van der Waals surface area contributed by atoms with Gasteiger partial charge in [-0.15, -0.1) is 0 Å². The van der Waals surface area contributed by atoms with Gasteiger partial charge in [-0.25, -0.2) is 0 Å². The van der Waals surface area contributed by atoms with Crippen molar-refractivity contribution < 1.29 is 43.8 Å². The molecule has 128 valence electrons. The van der Waals surface area contributed by atoms with Gasteiger partial charge in [0.15, 0.2) is 0 Å². The number of allylic oxidation sites excluding steroid dienone is 1. The Morgan fingerprint density at radius 2 is 1.28 bits per heavy atom. The summed E-state index contributed by atoms with van der Waals surface area (Å²) in [6.07, 6.45) is 3.52. The first-order valence-corrected chi connectivity index (χ1v) is 6.84. The zero-order valence-corrected chi connectivity index (χ0v) is 14.6. The van der Waals surface area contributed by atoms with Crippen molar-refractivity contribution in [3.8, 4) is 0 Å². The fraction of sp³-hybridized carbons (Fsp3) is 0.222. The van der Waals surface area contributed by atoms with Gasteiger partial charge < -0.3 is 0 Å². The van der Waals surface area contributed by atoms with Gasteiger partial charge >= 0.3 is 155 Å². The Morgan fingerprint density at radius 3 is 1.68 bits per heavy atom. The van der Waals surface area contributed by atoms with E-state index in [1.54, 1.807) is 7.11 Å². The van der Waals surface area contributed by atoms with Gasteiger partial charge in [0, 0.05) is 0 Å². The van der Waals surface area contributed by atoms with E-state index in [2.05, 4.69) is 79.4 Å². The van der Waals surface area contributed by atoms with Crippen LogP contribution in [0, 0.1) is 33.3 Å². The van der Waals surface area contributed by atoms with Crippen molar-refractivity contribution in [2.45, 2.75) is 19.3 Å². The average Bonchev–Trinajstić information content (AvgIpc) is 3.25. The number of rotatable bonds is 3. The molecule has 6 nitrogen and oxygen atoms in total. The number of hydrogen-bond acceptors (Lipinski definition) is 1. The molecule has 0 fully saturated rings. The zero-order chi connectivity index (χ0) is 20.7. The van der Waals surface area contributed by atoms with Gasteiger partial charge in [-0.05, 0) is 0 Å². The summed E-state index contributed by atoms with van der Waals surface area (Å²) in [5, 5.41) is 0. The zero-order valence-electron chi connectivity index (χ0n) is 13.4. The Bertz CT molecular complexity index is 559. The summed E-state index contributed by atoms with van der Waals surface area (Å²) in [6, 6.07) is 10.6. The molecule has 0 spiro atoms. The maximum absolute atomic E-state index is 7.50. The van der Waals surface area contributed by atoms with Crippen LogP contribution in [0.5, 0.6) is 0 Å². The van der Waals surface area contributed by atoms with Gasteiger partial charge in [0.1, 0.15) is 0 Å². The molecular formula is C18H14CrO6. The fourth-order valence-electron chi connectivity index (χ4n) is 2.05. The van der Waals surface area contributed by atoms with E-state index in [9.17, 15) is 0 Å². The molecular weight excluding hydrogens is 364 g/mol. The number of hydrogen-bond donors (Lipinski definition) is 0. The summed E-state index contributed by atoms with van der Waals surface area (Å²) in [5.41, 5.74) is 4.12. The molecule has 0 heterocycles. The molecule has 25 heavy (non-hydrogen) atoms. The Kier molecular flexibility index (Phi) is 33.2. The number of benzene rings is 1. The predicted molar refractivity (Wildman–Crippen MR) is 78.9 cm³/mol. The molecule has 0 saturated carbocycles. The van der Waals surface area contributed by atoms with Crippen LogP contribution >= 0.6 is 0 Å². The molecule has 1 aromatic carbocycles. The third kappa shape index (κ3) is 13.0. The third-order valence-electron chi connectivity index (χ3n) is 2.77. The van der Waals surface area contributed by atoms with Crippen LogP contribution in [0.3, 0.4) is 0 Å². The molecule has 1 aromatic rings. The second-order valence-electron chi connectivity index (χ2n) is 3.67. The van der Waals surface area contributed by atoms with Gasteiger partial charge in [0.2, 0.25) is 0 Å². The SMILES string of the molecule is CO[C](=[Cr])C1=C(c2ccccc2)CCC1.[C-]#[O+].[C-]#[O+].[C-]#[O+].[C-]#[O+].[C-]#[O+]. The van der Waals surface area contributed by atoms with E-state index in [-0.39, 0.29) is 0 Å². The standard InChI is InChI=1S/C13H14O.5CO.Cr/c1-14-10-12-8-5-9-13(12)11-6-3-2-4-7-11;5*1-2;/h2-4,6-7H,5,8-9H2,1H3;;;;;;. The summed E-state index contributed by atoms with van der Waals surface area (Å²) in [6.45, 7) is 22.5. The molecule has 0 aromatic heterocycles. The predicted octanol–water partition coefficient (Wildman–Crippen LogP) is 2.76. The van der Waals surface area contributed by atoms with E-state index in [0.717, 1.165) is 17.4 Å². The van der Waals surface area contributed by atoms with Crippen molar-refractivity contribution in [1.29, 1.82) is 0 Å². The third-order valence-corrected chi connectivity index (χ3v) is 3.42. The second kappa shape index (κ2) is 26.9. The fourth-order valence-corrected chi connectivity index (χ4v) is 2.40. The van der Waals surface area contributed by atoms with Crippen molar-refractivity contribution in [3.63, 3.8) is 0 Å². The first kappa shape index (κ1) is 30.9. The Labute approximate surface area is 155 Å². The van der Waals surface area contributed by atoms with Gasteiger partial charge in [-0.3, -0.25) is 0 Å². The van der Waals surface area contributed by atoms with Crippen LogP contribution in [0.1, 0.15) is 24.8 Å². The average molecular weight is 378 g/mol. The van der Waals surface area contributed by atoms with E-state index in [1.165, 1.54) is 23.1 Å². The molecule has 0 amide bonds. The minimum absolute atomic E-state index is 0.950. The Balaban J connectivity index is -0.000000191. The molecule has 0 atom stereocenters. The molecule has 0 radical (unpaired) electrons. The van der Waals surface area contributed by atoms with Crippen LogP contribution in [0.2, 0.25) is 0 Å². The first-order valence-electron chi connectivity index (χ1n) is 6.20. The van der Waals surface area contributed by atoms with Crippen molar-refractivity contribution in [2.24, 2.45) is 0 Å². The van der Waals surface area contributed by atoms with E-state index < -0.39 is 0 Å². The summed E-state index contributed by atoms with van der Waals surface area (Å²) in [5.74, 6) is 0. The molecule has 2 rings (SSSR count). The van der Waals surface area contributed by atoms with Crippen molar-refractivity contribution in [3.05, 3.63) is 74.7 Å². The summed E-state index contributed by atoms with van der Waals surface area (Å²) in [4.78, 5) is 0. The van der Waals surface area contributed by atoms with Gasteiger partial charge in [0.05, 0.1) is 0 Å². The van der Waals surface area contributed by atoms with Crippen LogP contribution in [-0.4, -0.2) is 11.7 Å². The quantitative estimate of drug-likeness (QED) is 0.585. The van der Waals surface area contributed by atoms with E-state index in [1.807, 2.05) is 0 Å². The first-order chi connectivity index (χ1) is 12.3. The van der Waals surface area contributed by atoms with Crippen LogP contribution < -0.4 is 0 Å². The normalized spacial score (nSPS) is 9.88. The molecule has 1 aliphatic carbocycles. The molecule has 1 aliphatic rings. The van der Waals surface area contributed by atoms with Crippen LogP contribution in [0.25, 0.3) is 5.57 Å². The number of ether oxygens (including phenoxy) is 1. The molecule has 7 heteroatoms. The van der Waals surface area contributed by atoms with Gasteiger partial charge in [-0.1, -0.05) is 0 Å². The number of methoxy groups -OCH3 is 1. The molecule has 0 aliphatic heterocycles. The maximum atomic E-state index is 7.50. The second-order valence-corrected chi connectivity index (χ2v) is 4.25. The van der Waals surface area contributed by atoms with E-state index in [0.29, 0.717) is 0 Å². The molecule has 0 N–H and O–H groups in total. The minimum atomic E-state index is 0.950. The van der Waals surface area contributed by atoms with Crippen molar-refractivity contribution in [1.82, 2.24) is 0 Å². The van der Waals surface area contributed by atoms with E-state index in [4.69, 9.17) is 28.0 Å². The molecule has 0 unspecified atom stereocenters. The Hall–Kier alpha value is -1.98. The van der Waals surface area contributed by atoms with Crippen molar-refractivity contribution >= 4 is 10.1 Å². The van der Waals surface area contributed by atoms with E-state index >= 15 is 0 Å². The van der Waals surface area contributed by atoms with Gasteiger partial charge in [0.25, 0.3) is 0 Å². The Morgan fingerprint density at radius 1 is 0.840 bits per heavy atom. The van der Waals surface area contributed by atoms with Gasteiger partial charge in [-0.2, -0.15) is 0 Å². The van der Waals surface area contributed by atoms with Crippen molar-refractivity contribution in [2.75, 3.05) is 7.11 Å². The monoisotopic (exact) mass is 378 g/mol. The summed E-state index contributed by atoms with van der Waals surface area (Å²) in [7, 11) is 1.72. The molecule has 0 saturated heterocycles. The van der Waals surface area contributed by atoms with Crippen LogP contribution in [0.4, 0.5) is 0 Å². The topological polar surface area (TPSA) is 109 Å². The van der Waals surface area contributed by atoms with Crippen LogP contribution in [-0.2, 0) is 43.8 Å². The van der Waals surface area contributed by atoms with Crippen LogP contribution in [0.15, 0.2) is 35.9 Å². The molecule has 0 bridgehead atoms. The summed E-state index contributed by atoms with van der Waals surface area (Å²) < 4.78 is 43.7.